The van der Waals surface area contributed by atoms with Gasteiger partial charge in [-0.25, -0.2) is 0 Å². The highest BCUT2D eigenvalue weighted by Crippen LogP contribution is 2.41. The molecule has 2 aromatic carbocycles. The fourth-order valence-corrected chi connectivity index (χ4v) is 5.88. The van der Waals surface area contributed by atoms with Crippen molar-refractivity contribution in [3.8, 4) is 11.1 Å². The van der Waals surface area contributed by atoms with Crippen LogP contribution in [-0.2, 0) is 25.5 Å². The predicted octanol–water partition coefficient (Wildman–Crippen LogP) is 4.67. The second-order valence-corrected chi connectivity index (χ2v) is 12.2. The number of anilines is 3. The van der Waals surface area contributed by atoms with Crippen molar-refractivity contribution in [1.82, 2.24) is 9.88 Å². The van der Waals surface area contributed by atoms with Crippen LogP contribution in [0.4, 0.5) is 17.1 Å². The Kier molecular flexibility index (Phi) is 8.46. The molecule has 2 aliphatic rings. The van der Waals surface area contributed by atoms with Crippen molar-refractivity contribution in [2.75, 3.05) is 16.8 Å². The number of benzene rings is 2. The maximum Gasteiger partial charge on any atom is 0.306 e. The van der Waals surface area contributed by atoms with Gasteiger partial charge in [-0.15, -0.1) is 0 Å². The molecular formula is C34H37N5O6. The van der Waals surface area contributed by atoms with E-state index in [-0.39, 0.29) is 29.9 Å². The first kappa shape index (κ1) is 31.4. The van der Waals surface area contributed by atoms with Gasteiger partial charge in [0.2, 0.25) is 11.8 Å². The highest BCUT2D eigenvalue weighted by atomic mass is 16.6. The number of ether oxygens (including phenoxy) is 1. The minimum absolute atomic E-state index is 0.0318. The third-order valence-corrected chi connectivity index (χ3v) is 7.84. The van der Waals surface area contributed by atoms with Gasteiger partial charge in [-0.3, -0.25) is 33.9 Å². The Bertz CT molecular complexity index is 1730. The van der Waals surface area contributed by atoms with Gasteiger partial charge in [0.15, 0.2) is 0 Å². The predicted molar refractivity (Wildman–Crippen MR) is 169 cm³/mol. The van der Waals surface area contributed by atoms with E-state index in [0.717, 1.165) is 33.0 Å². The number of nitrogens with one attached hydrogen (secondary N) is 1. The zero-order chi connectivity index (χ0) is 32.6. The number of hydrogen-bond acceptors (Lipinski definition) is 8. The lowest BCUT2D eigenvalue weighted by molar-refractivity contribution is -0.155. The molecule has 0 aliphatic carbocycles. The molecule has 0 unspecified atom stereocenters. The lowest BCUT2D eigenvalue weighted by atomic mass is 9.94. The van der Waals surface area contributed by atoms with Gasteiger partial charge >= 0.3 is 5.97 Å². The minimum Gasteiger partial charge on any atom is -0.460 e. The fourth-order valence-electron chi connectivity index (χ4n) is 5.88. The summed E-state index contributed by atoms with van der Waals surface area (Å²) in [5.74, 6) is -2.82. The van der Waals surface area contributed by atoms with Crippen molar-refractivity contribution in [1.29, 1.82) is 0 Å². The molecule has 0 bridgehead atoms. The number of carbonyl (C=O) groups excluding carboxylic acids is 5. The Morgan fingerprint density at radius 2 is 1.78 bits per heavy atom. The van der Waals surface area contributed by atoms with E-state index in [2.05, 4.69) is 10.3 Å². The van der Waals surface area contributed by atoms with Crippen molar-refractivity contribution in [3.05, 3.63) is 71.0 Å². The highest BCUT2D eigenvalue weighted by molar-refractivity contribution is 6.25. The molecule has 4 amide bonds. The number of amides is 4. The number of nitrogens with two attached hydrogens (primary N) is 1. The van der Waals surface area contributed by atoms with Crippen LogP contribution in [0.5, 0.6) is 0 Å². The molecule has 11 nitrogen and oxygen atoms in total. The maximum absolute atomic E-state index is 13.9. The van der Waals surface area contributed by atoms with Gasteiger partial charge in [0.1, 0.15) is 11.6 Å². The number of primary amides is 1. The SMILES string of the molecule is CCN1C(=O)CCc2cc(-c3ccnc(C)c3)c(Nc3cccc4c3C(=O)N([C@@H](CCC(=O)OC(C)(C)C)C(N)=O)C4=O)cc21. The summed E-state index contributed by atoms with van der Waals surface area (Å²) in [6, 6.07) is 11.3. The van der Waals surface area contributed by atoms with E-state index in [1.54, 1.807) is 44.0 Å². The van der Waals surface area contributed by atoms with Crippen LogP contribution in [0.25, 0.3) is 11.1 Å². The Morgan fingerprint density at radius 3 is 2.44 bits per heavy atom. The van der Waals surface area contributed by atoms with Crippen LogP contribution in [0.2, 0.25) is 0 Å². The summed E-state index contributed by atoms with van der Waals surface area (Å²) in [5.41, 5.74) is 10.4. The van der Waals surface area contributed by atoms with Gasteiger partial charge in [0.25, 0.3) is 11.8 Å². The molecule has 234 valence electrons. The van der Waals surface area contributed by atoms with Crippen LogP contribution < -0.4 is 16.0 Å². The van der Waals surface area contributed by atoms with Gasteiger partial charge < -0.3 is 20.7 Å². The topological polar surface area (TPSA) is 152 Å². The second kappa shape index (κ2) is 12.1. The first-order chi connectivity index (χ1) is 21.3. The van der Waals surface area contributed by atoms with Crippen LogP contribution in [0.15, 0.2) is 48.7 Å². The summed E-state index contributed by atoms with van der Waals surface area (Å²) in [4.78, 5) is 72.0. The molecule has 11 heteroatoms. The number of esters is 1. The van der Waals surface area contributed by atoms with Crippen molar-refractivity contribution in [2.24, 2.45) is 5.73 Å². The molecule has 0 spiro atoms. The summed E-state index contributed by atoms with van der Waals surface area (Å²) in [6.07, 6.45) is 2.35. The van der Waals surface area contributed by atoms with E-state index in [4.69, 9.17) is 10.5 Å². The van der Waals surface area contributed by atoms with Crippen LogP contribution in [0, 0.1) is 6.92 Å². The van der Waals surface area contributed by atoms with Crippen molar-refractivity contribution < 1.29 is 28.7 Å². The number of pyridine rings is 1. The number of nitrogens with zero attached hydrogens (tertiary/aromatic N) is 3. The number of carbonyl (C=O) groups is 5. The number of imide groups is 1. The molecule has 45 heavy (non-hydrogen) atoms. The van der Waals surface area contributed by atoms with E-state index in [9.17, 15) is 24.0 Å². The zero-order valence-corrected chi connectivity index (χ0v) is 26.1. The molecule has 1 aromatic heterocycles. The third kappa shape index (κ3) is 6.29. The molecule has 3 N–H and O–H groups in total. The van der Waals surface area contributed by atoms with E-state index in [1.807, 2.05) is 38.1 Å². The van der Waals surface area contributed by atoms with E-state index >= 15 is 0 Å². The molecule has 0 fully saturated rings. The van der Waals surface area contributed by atoms with Crippen molar-refractivity contribution in [3.63, 3.8) is 0 Å². The Hall–Kier alpha value is -5.06. The summed E-state index contributed by atoms with van der Waals surface area (Å²) < 4.78 is 5.33. The summed E-state index contributed by atoms with van der Waals surface area (Å²) in [7, 11) is 0. The molecule has 3 aromatic rings. The smallest absolute Gasteiger partial charge is 0.306 e. The first-order valence-electron chi connectivity index (χ1n) is 15.0. The van der Waals surface area contributed by atoms with Crippen molar-refractivity contribution in [2.45, 2.75) is 71.9 Å². The number of aryl methyl sites for hydroxylation is 2. The summed E-state index contributed by atoms with van der Waals surface area (Å²) in [6.45, 7) is 9.47. The quantitative estimate of drug-likeness (QED) is 0.262. The standard InChI is InChI=1S/C34H37N5O6/c1-6-38-27-18-25(23(17-21(27)10-12-28(38)40)20-14-15-36-19(2)16-20)37-24-9-7-8-22-30(24)33(44)39(32(22)43)26(31(35)42)11-13-29(41)45-34(3,4)5/h7-9,14-18,26,37H,6,10-13H2,1-5H3,(H2,35,42)/t26-/m0/s1. The average molecular weight is 612 g/mol. The first-order valence-corrected chi connectivity index (χ1v) is 15.0. The van der Waals surface area contributed by atoms with E-state index in [1.165, 1.54) is 6.07 Å². The number of fused-ring (bicyclic) bond motifs is 2. The third-order valence-electron chi connectivity index (χ3n) is 7.84. The fraction of sp³-hybridized carbons (Fsp3) is 0.353. The van der Waals surface area contributed by atoms with Gasteiger partial charge in [-0.2, -0.15) is 0 Å². The highest BCUT2D eigenvalue weighted by Gasteiger charge is 2.44. The monoisotopic (exact) mass is 611 g/mol. The number of aromatic nitrogens is 1. The lowest BCUT2D eigenvalue weighted by Gasteiger charge is -2.30. The molecule has 1 atom stereocenters. The van der Waals surface area contributed by atoms with Gasteiger partial charge in [-0.1, -0.05) is 6.07 Å². The maximum atomic E-state index is 13.9. The normalized spacial score (nSPS) is 15.1. The van der Waals surface area contributed by atoms with Crippen LogP contribution in [0.3, 0.4) is 0 Å². The molecule has 0 radical (unpaired) electrons. The lowest BCUT2D eigenvalue weighted by Crippen LogP contribution is -2.48. The Labute approximate surface area is 261 Å². The molecule has 0 saturated heterocycles. The summed E-state index contributed by atoms with van der Waals surface area (Å²) in [5, 5.41) is 3.37. The average Bonchev–Trinajstić information content (AvgIpc) is 3.22. The van der Waals surface area contributed by atoms with E-state index in [0.29, 0.717) is 30.8 Å². The molecule has 5 rings (SSSR count). The summed E-state index contributed by atoms with van der Waals surface area (Å²) >= 11 is 0. The molecular weight excluding hydrogens is 574 g/mol. The second-order valence-electron chi connectivity index (χ2n) is 12.2. The van der Waals surface area contributed by atoms with Gasteiger partial charge in [-0.05, 0) is 95.0 Å². The van der Waals surface area contributed by atoms with Crippen molar-refractivity contribution >= 4 is 46.7 Å². The molecule has 3 heterocycles. The minimum atomic E-state index is -1.35. The zero-order valence-electron chi connectivity index (χ0n) is 26.1. The van der Waals surface area contributed by atoms with Gasteiger partial charge in [0.05, 0.1) is 16.8 Å². The van der Waals surface area contributed by atoms with Crippen LogP contribution in [0.1, 0.15) is 78.9 Å². The molecule has 2 aliphatic heterocycles. The Morgan fingerprint density at radius 1 is 1.02 bits per heavy atom. The van der Waals surface area contributed by atoms with Crippen LogP contribution in [-0.4, -0.2) is 57.7 Å². The number of rotatable bonds is 9. The van der Waals surface area contributed by atoms with Crippen LogP contribution >= 0.6 is 0 Å². The van der Waals surface area contributed by atoms with E-state index < -0.39 is 35.3 Å². The largest absolute Gasteiger partial charge is 0.460 e. The molecule has 0 saturated carbocycles. The Balaban J connectivity index is 1.53. The number of hydrogen-bond donors (Lipinski definition) is 2. The van der Waals surface area contributed by atoms with Gasteiger partial charge in [0, 0.05) is 48.2 Å².